The number of rotatable bonds is 2. The van der Waals surface area contributed by atoms with Gasteiger partial charge in [0.05, 0.1) is 11.1 Å². The lowest BCUT2D eigenvalue weighted by Crippen LogP contribution is -2.05. The third-order valence-electron chi connectivity index (χ3n) is 1.50. The average Bonchev–Trinajstić information content (AvgIpc) is 2.08. The molecule has 0 aliphatic heterocycles. The van der Waals surface area contributed by atoms with E-state index in [2.05, 4.69) is 4.98 Å². The minimum atomic E-state index is -3.28. The molecule has 2 N–H and O–H groups in total. The summed E-state index contributed by atoms with van der Waals surface area (Å²) in [6.45, 7) is 0. The van der Waals surface area contributed by atoms with Crippen molar-refractivity contribution < 1.29 is 28.2 Å². The molecular formula is C7H4F3NO3. The van der Waals surface area contributed by atoms with E-state index in [0.717, 1.165) is 0 Å². The van der Waals surface area contributed by atoms with E-state index in [1.807, 2.05) is 0 Å². The van der Waals surface area contributed by atoms with Crippen LogP contribution < -0.4 is 0 Å². The summed E-state index contributed by atoms with van der Waals surface area (Å²) in [4.78, 5) is 13.2. The monoisotopic (exact) mass is 207 g/mol. The molecule has 1 aromatic heterocycles. The molecule has 0 spiro atoms. The molecule has 0 aliphatic rings. The van der Waals surface area contributed by atoms with Gasteiger partial charge in [-0.1, -0.05) is 0 Å². The molecule has 1 heterocycles. The zero-order valence-corrected chi connectivity index (χ0v) is 6.54. The number of hydrogen-bond donors (Lipinski definition) is 2. The number of carboxylic acid groups (broad SMARTS) is 1. The topological polar surface area (TPSA) is 70.4 Å². The quantitative estimate of drug-likeness (QED) is 0.722. The van der Waals surface area contributed by atoms with Crippen molar-refractivity contribution in [2.75, 3.05) is 0 Å². The highest BCUT2D eigenvalue weighted by atomic mass is 19.3. The Labute approximate surface area is 75.6 Å². The number of nitrogens with zero attached hydrogens (tertiary/aromatic N) is 1. The molecule has 7 heteroatoms. The van der Waals surface area contributed by atoms with E-state index >= 15 is 0 Å². The first-order valence-corrected chi connectivity index (χ1v) is 3.34. The predicted molar refractivity (Wildman–Crippen MR) is 37.8 cm³/mol. The van der Waals surface area contributed by atoms with E-state index in [9.17, 15) is 18.0 Å². The van der Waals surface area contributed by atoms with Crippen LogP contribution in [0.25, 0.3) is 0 Å². The number of alkyl halides is 2. The van der Waals surface area contributed by atoms with Crippen LogP contribution in [0.2, 0.25) is 0 Å². The molecule has 0 atom stereocenters. The number of aromatic carboxylic acids is 1. The van der Waals surface area contributed by atoms with Crippen LogP contribution in [0.15, 0.2) is 6.20 Å². The van der Waals surface area contributed by atoms with Crippen molar-refractivity contribution in [3.05, 3.63) is 23.3 Å². The predicted octanol–water partition coefficient (Wildman–Crippen LogP) is 1.56. The molecule has 14 heavy (non-hydrogen) atoms. The fourth-order valence-electron chi connectivity index (χ4n) is 0.882. The van der Waals surface area contributed by atoms with Gasteiger partial charge in [0.1, 0.15) is 0 Å². The number of aromatic nitrogens is 1. The lowest BCUT2D eigenvalue weighted by molar-refractivity contribution is 0.0681. The van der Waals surface area contributed by atoms with E-state index in [-0.39, 0.29) is 0 Å². The molecule has 0 fully saturated rings. The maximum Gasteiger partial charge on any atom is 0.337 e. The number of carboxylic acids is 1. The fourth-order valence-corrected chi connectivity index (χ4v) is 0.882. The molecule has 0 saturated carbocycles. The molecule has 76 valence electrons. The van der Waals surface area contributed by atoms with E-state index in [1.54, 1.807) is 0 Å². The summed E-state index contributed by atoms with van der Waals surface area (Å²) in [5.74, 6) is -4.66. The van der Waals surface area contributed by atoms with Gasteiger partial charge in [0, 0.05) is 6.20 Å². The first-order valence-electron chi connectivity index (χ1n) is 3.34. The minimum absolute atomic E-state index is 0.429. The molecule has 0 saturated heterocycles. The maximum absolute atomic E-state index is 12.5. The van der Waals surface area contributed by atoms with Crippen LogP contribution in [0.3, 0.4) is 0 Å². The third-order valence-corrected chi connectivity index (χ3v) is 1.50. The van der Waals surface area contributed by atoms with Gasteiger partial charge >= 0.3 is 5.97 Å². The Morgan fingerprint density at radius 3 is 2.50 bits per heavy atom. The molecule has 0 amide bonds. The molecule has 1 aromatic rings. The molecule has 0 bridgehead atoms. The Hall–Kier alpha value is -1.79. The van der Waals surface area contributed by atoms with Crippen LogP contribution in [0.1, 0.15) is 22.3 Å². The van der Waals surface area contributed by atoms with Crippen molar-refractivity contribution in [3.8, 4) is 5.75 Å². The standard InChI is InChI=1S/C7H4F3NO3/c8-5(9)3-2(7(13)14)1-11-6(10)4(3)12/h1,5,12H,(H,13,14). The summed E-state index contributed by atoms with van der Waals surface area (Å²) >= 11 is 0. The first kappa shape index (κ1) is 10.3. The number of hydrogen-bond acceptors (Lipinski definition) is 3. The van der Waals surface area contributed by atoms with E-state index in [4.69, 9.17) is 10.2 Å². The van der Waals surface area contributed by atoms with Gasteiger partial charge in [-0.2, -0.15) is 4.39 Å². The SMILES string of the molecule is O=C(O)c1cnc(F)c(O)c1C(F)F. The second-order valence-corrected chi connectivity index (χ2v) is 2.33. The van der Waals surface area contributed by atoms with Gasteiger partial charge in [0.15, 0.2) is 5.75 Å². The molecule has 0 unspecified atom stereocenters. The largest absolute Gasteiger partial charge is 0.503 e. The van der Waals surface area contributed by atoms with Crippen molar-refractivity contribution in [2.45, 2.75) is 6.43 Å². The smallest absolute Gasteiger partial charge is 0.337 e. The second kappa shape index (κ2) is 3.52. The fraction of sp³-hybridized carbons (Fsp3) is 0.143. The second-order valence-electron chi connectivity index (χ2n) is 2.33. The van der Waals surface area contributed by atoms with E-state index < -0.39 is 35.2 Å². The molecule has 0 aromatic carbocycles. The average molecular weight is 207 g/mol. The van der Waals surface area contributed by atoms with E-state index in [1.165, 1.54) is 0 Å². The summed E-state index contributed by atoms with van der Waals surface area (Å²) < 4.78 is 36.9. The minimum Gasteiger partial charge on any atom is -0.503 e. The van der Waals surface area contributed by atoms with Crippen LogP contribution >= 0.6 is 0 Å². The summed E-state index contributed by atoms with van der Waals surface area (Å²) in [5, 5.41) is 17.2. The third kappa shape index (κ3) is 1.61. The Balaban J connectivity index is 3.45. The van der Waals surface area contributed by atoms with Crippen LogP contribution in [-0.2, 0) is 0 Å². The van der Waals surface area contributed by atoms with Crippen LogP contribution in [0.5, 0.6) is 5.75 Å². The molecular weight excluding hydrogens is 203 g/mol. The lowest BCUT2D eigenvalue weighted by atomic mass is 10.1. The van der Waals surface area contributed by atoms with Crippen molar-refractivity contribution in [2.24, 2.45) is 0 Å². The van der Waals surface area contributed by atoms with Crippen molar-refractivity contribution >= 4 is 5.97 Å². The van der Waals surface area contributed by atoms with Gasteiger partial charge in [0.2, 0.25) is 0 Å². The van der Waals surface area contributed by atoms with Crippen molar-refractivity contribution in [3.63, 3.8) is 0 Å². The Morgan fingerprint density at radius 1 is 1.50 bits per heavy atom. The van der Waals surface area contributed by atoms with Gasteiger partial charge in [-0.05, 0) is 0 Å². The normalized spacial score (nSPS) is 10.6. The van der Waals surface area contributed by atoms with Gasteiger partial charge in [-0.3, -0.25) is 0 Å². The Kier molecular flexibility index (Phi) is 2.59. The van der Waals surface area contributed by atoms with Crippen molar-refractivity contribution in [1.29, 1.82) is 0 Å². The van der Waals surface area contributed by atoms with Crippen LogP contribution in [0, 0.1) is 5.95 Å². The van der Waals surface area contributed by atoms with Gasteiger partial charge in [0.25, 0.3) is 12.4 Å². The van der Waals surface area contributed by atoms with Gasteiger partial charge < -0.3 is 10.2 Å². The Bertz CT molecular complexity index is 381. The molecule has 1 rings (SSSR count). The molecule has 4 nitrogen and oxygen atoms in total. The maximum atomic E-state index is 12.5. The number of halogens is 3. The highest BCUT2D eigenvalue weighted by Gasteiger charge is 2.25. The zero-order valence-electron chi connectivity index (χ0n) is 6.54. The summed E-state index contributed by atoms with van der Waals surface area (Å²) in [6, 6.07) is 0. The summed E-state index contributed by atoms with van der Waals surface area (Å²) in [5.41, 5.74) is -2.18. The highest BCUT2D eigenvalue weighted by molar-refractivity contribution is 5.89. The lowest BCUT2D eigenvalue weighted by Gasteiger charge is -2.06. The zero-order chi connectivity index (χ0) is 10.9. The molecule has 0 aliphatic carbocycles. The van der Waals surface area contributed by atoms with Crippen molar-refractivity contribution in [1.82, 2.24) is 4.98 Å². The summed E-state index contributed by atoms with van der Waals surface area (Å²) in [6.07, 6.45) is -2.85. The van der Waals surface area contributed by atoms with Gasteiger partial charge in [-0.15, -0.1) is 0 Å². The number of aromatic hydroxyl groups is 1. The first-order chi connectivity index (χ1) is 6.45. The van der Waals surface area contributed by atoms with Gasteiger partial charge in [-0.25, -0.2) is 18.6 Å². The number of pyridine rings is 1. The van der Waals surface area contributed by atoms with E-state index in [0.29, 0.717) is 6.20 Å². The Morgan fingerprint density at radius 2 is 2.07 bits per heavy atom. The van der Waals surface area contributed by atoms with Crippen LogP contribution in [0.4, 0.5) is 13.2 Å². The summed E-state index contributed by atoms with van der Waals surface area (Å²) in [7, 11) is 0. The highest BCUT2D eigenvalue weighted by Crippen LogP contribution is 2.32. The van der Waals surface area contributed by atoms with Crippen LogP contribution in [-0.4, -0.2) is 21.2 Å². The molecule has 0 radical (unpaired) electrons. The number of carbonyl (C=O) groups is 1.